The van der Waals surface area contributed by atoms with E-state index >= 15 is 0 Å². The predicted molar refractivity (Wildman–Crippen MR) is 69.6 cm³/mol. The van der Waals surface area contributed by atoms with E-state index < -0.39 is 0 Å². The average molecular weight is 274 g/mol. The van der Waals surface area contributed by atoms with E-state index in [0.29, 0.717) is 22.4 Å². The van der Waals surface area contributed by atoms with Gasteiger partial charge in [0.15, 0.2) is 0 Å². The third-order valence-electron chi connectivity index (χ3n) is 2.50. The minimum Gasteiger partial charge on any atom is -0.508 e. The maximum Gasteiger partial charge on any atom is 0.276 e. The highest BCUT2D eigenvalue weighted by Crippen LogP contribution is 2.22. The number of benzene rings is 1. The van der Waals surface area contributed by atoms with Crippen molar-refractivity contribution < 1.29 is 9.63 Å². The van der Waals surface area contributed by atoms with E-state index in [0.717, 1.165) is 5.56 Å². The quantitative estimate of drug-likeness (QED) is 0.776. The molecular formula is C13H8ClN3O2. The average Bonchev–Trinajstić information content (AvgIpc) is 2.90. The molecule has 3 rings (SSSR count). The van der Waals surface area contributed by atoms with Crippen molar-refractivity contribution in [2.45, 2.75) is 0 Å². The molecule has 0 amide bonds. The molecule has 0 atom stereocenters. The predicted octanol–water partition coefficient (Wildman–Crippen LogP) is 3.16. The molecule has 0 saturated carbocycles. The molecule has 19 heavy (non-hydrogen) atoms. The van der Waals surface area contributed by atoms with E-state index in [4.69, 9.17) is 16.1 Å². The summed E-state index contributed by atoms with van der Waals surface area (Å²) in [6, 6.07) is 9.95. The fraction of sp³-hybridized carbons (Fsp3) is 0. The van der Waals surface area contributed by atoms with Crippen molar-refractivity contribution >= 4 is 11.6 Å². The minimum atomic E-state index is 0.187. The summed E-state index contributed by atoms with van der Waals surface area (Å²) in [6.45, 7) is 0. The number of aromatic hydroxyl groups is 1. The number of phenols is 1. The molecule has 94 valence electrons. The van der Waals surface area contributed by atoms with Crippen LogP contribution in [-0.2, 0) is 0 Å². The Morgan fingerprint density at radius 1 is 1.05 bits per heavy atom. The summed E-state index contributed by atoms with van der Waals surface area (Å²) in [5.41, 5.74) is 1.31. The first kappa shape index (κ1) is 11.7. The maximum atomic E-state index is 9.23. The molecule has 0 fully saturated rings. The minimum absolute atomic E-state index is 0.187. The molecule has 0 unspecified atom stereocenters. The van der Waals surface area contributed by atoms with Crippen LogP contribution in [0.3, 0.4) is 0 Å². The van der Waals surface area contributed by atoms with Crippen LogP contribution in [0.15, 0.2) is 47.1 Å². The molecule has 1 N–H and O–H groups in total. The van der Waals surface area contributed by atoms with Gasteiger partial charge in [-0.05, 0) is 36.4 Å². The Kier molecular flexibility index (Phi) is 2.89. The highest BCUT2D eigenvalue weighted by molar-refractivity contribution is 6.30. The number of pyridine rings is 1. The van der Waals surface area contributed by atoms with Crippen LogP contribution in [0, 0.1) is 0 Å². The highest BCUT2D eigenvalue weighted by Gasteiger charge is 2.11. The first-order valence-corrected chi connectivity index (χ1v) is 5.85. The zero-order valence-electron chi connectivity index (χ0n) is 9.62. The molecule has 0 radical (unpaired) electrons. The lowest BCUT2D eigenvalue weighted by Gasteiger charge is -1.94. The number of nitrogens with zero attached hydrogens (tertiary/aromatic N) is 3. The molecule has 2 heterocycles. The molecule has 0 bridgehead atoms. The molecule has 0 aliphatic rings. The van der Waals surface area contributed by atoms with E-state index in [1.165, 1.54) is 6.20 Å². The summed E-state index contributed by atoms with van der Waals surface area (Å²) in [5, 5.41) is 13.6. The van der Waals surface area contributed by atoms with Crippen molar-refractivity contribution in [3.05, 3.63) is 47.6 Å². The third-order valence-corrected chi connectivity index (χ3v) is 2.72. The van der Waals surface area contributed by atoms with Crippen molar-refractivity contribution in [2.24, 2.45) is 0 Å². The van der Waals surface area contributed by atoms with E-state index in [2.05, 4.69) is 15.1 Å². The second-order valence-electron chi connectivity index (χ2n) is 3.83. The van der Waals surface area contributed by atoms with Crippen LogP contribution in [0.4, 0.5) is 0 Å². The summed E-state index contributed by atoms with van der Waals surface area (Å²) < 4.78 is 5.15. The van der Waals surface area contributed by atoms with Gasteiger partial charge in [-0.2, -0.15) is 4.98 Å². The smallest absolute Gasteiger partial charge is 0.276 e. The van der Waals surface area contributed by atoms with Gasteiger partial charge in [-0.15, -0.1) is 0 Å². The lowest BCUT2D eigenvalue weighted by molar-refractivity contribution is 0.431. The zero-order valence-corrected chi connectivity index (χ0v) is 10.4. The highest BCUT2D eigenvalue weighted by atomic mass is 35.5. The van der Waals surface area contributed by atoms with Gasteiger partial charge in [0.1, 0.15) is 11.4 Å². The van der Waals surface area contributed by atoms with Crippen molar-refractivity contribution in [3.8, 4) is 28.7 Å². The van der Waals surface area contributed by atoms with Gasteiger partial charge < -0.3 is 9.63 Å². The number of halogens is 1. The van der Waals surface area contributed by atoms with Crippen LogP contribution >= 0.6 is 11.6 Å². The van der Waals surface area contributed by atoms with Crippen LogP contribution < -0.4 is 0 Å². The Morgan fingerprint density at radius 2 is 1.84 bits per heavy atom. The summed E-state index contributed by atoms with van der Waals surface area (Å²) in [5.74, 6) is 0.943. The van der Waals surface area contributed by atoms with Crippen molar-refractivity contribution in [3.63, 3.8) is 0 Å². The maximum absolute atomic E-state index is 9.23. The Hall–Kier alpha value is -2.40. The third kappa shape index (κ3) is 2.41. The number of aromatic nitrogens is 3. The summed E-state index contributed by atoms with van der Waals surface area (Å²) in [6.07, 6.45) is 1.52. The Bertz CT molecular complexity index is 633. The summed E-state index contributed by atoms with van der Waals surface area (Å²) in [4.78, 5) is 8.35. The number of hydrogen-bond donors (Lipinski definition) is 1. The van der Waals surface area contributed by atoms with Crippen molar-refractivity contribution in [2.75, 3.05) is 0 Å². The fourth-order valence-corrected chi connectivity index (χ4v) is 1.67. The Balaban J connectivity index is 1.95. The molecule has 0 saturated heterocycles. The van der Waals surface area contributed by atoms with Crippen molar-refractivity contribution in [1.29, 1.82) is 0 Å². The van der Waals surface area contributed by atoms with Crippen LogP contribution in [0.1, 0.15) is 0 Å². The molecule has 0 aliphatic heterocycles. The van der Waals surface area contributed by atoms with Gasteiger partial charge >= 0.3 is 0 Å². The van der Waals surface area contributed by atoms with Crippen LogP contribution in [0.5, 0.6) is 5.75 Å². The second kappa shape index (κ2) is 4.70. The van der Waals surface area contributed by atoms with Gasteiger partial charge in [0, 0.05) is 11.8 Å². The molecule has 5 nitrogen and oxygen atoms in total. The topological polar surface area (TPSA) is 72.0 Å². The lowest BCUT2D eigenvalue weighted by atomic mass is 10.2. The second-order valence-corrected chi connectivity index (χ2v) is 4.27. The molecule has 0 spiro atoms. The first-order chi connectivity index (χ1) is 9.22. The summed E-state index contributed by atoms with van der Waals surface area (Å²) in [7, 11) is 0. The van der Waals surface area contributed by atoms with Crippen LogP contribution in [-0.4, -0.2) is 20.2 Å². The van der Waals surface area contributed by atoms with E-state index in [-0.39, 0.29) is 5.75 Å². The van der Waals surface area contributed by atoms with Crippen LogP contribution in [0.2, 0.25) is 5.02 Å². The van der Waals surface area contributed by atoms with Crippen LogP contribution in [0.25, 0.3) is 23.0 Å². The number of phenolic OH excluding ortho intramolecular Hbond substituents is 1. The summed E-state index contributed by atoms with van der Waals surface area (Å²) >= 11 is 5.76. The van der Waals surface area contributed by atoms with Gasteiger partial charge in [-0.1, -0.05) is 16.8 Å². The molecule has 0 aliphatic carbocycles. The molecular weight excluding hydrogens is 266 g/mol. The SMILES string of the molecule is Oc1ccc(-c2noc(-c3ccc(Cl)cn3)n2)cc1. The molecule has 3 aromatic rings. The van der Waals surface area contributed by atoms with E-state index in [1.54, 1.807) is 36.4 Å². The first-order valence-electron chi connectivity index (χ1n) is 5.47. The Labute approximate surface area is 113 Å². The lowest BCUT2D eigenvalue weighted by Crippen LogP contribution is -1.83. The van der Waals surface area contributed by atoms with Gasteiger partial charge in [-0.25, -0.2) is 4.98 Å². The van der Waals surface area contributed by atoms with Gasteiger partial charge in [0.25, 0.3) is 5.89 Å². The largest absolute Gasteiger partial charge is 0.508 e. The Morgan fingerprint density at radius 3 is 2.53 bits per heavy atom. The standard InChI is InChI=1S/C13H8ClN3O2/c14-9-3-6-11(15-7-9)13-16-12(17-19-13)8-1-4-10(18)5-2-8/h1-7,18H. The number of hydrogen-bond acceptors (Lipinski definition) is 5. The molecule has 2 aromatic heterocycles. The normalized spacial score (nSPS) is 10.6. The molecule has 6 heteroatoms. The fourth-order valence-electron chi connectivity index (χ4n) is 1.56. The monoisotopic (exact) mass is 273 g/mol. The van der Waals surface area contributed by atoms with Gasteiger partial charge in [-0.3, -0.25) is 0 Å². The van der Waals surface area contributed by atoms with Gasteiger partial charge in [0.2, 0.25) is 5.82 Å². The van der Waals surface area contributed by atoms with Crippen molar-refractivity contribution in [1.82, 2.24) is 15.1 Å². The molecule has 1 aromatic carbocycles. The van der Waals surface area contributed by atoms with E-state index in [1.807, 2.05) is 0 Å². The zero-order chi connectivity index (χ0) is 13.2. The number of rotatable bonds is 2. The van der Waals surface area contributed by atoms with E-state index in [9.17, 15) is 5.11 Å². The van der Waals surface area contributed by atoms with Gasteiger partial charge in [0.05, 0.1) is 5.02 Å².